The first-order chi connectivity index (χ1) is 9.52. The summed E-state index contributed by atoms with van der Waals surface area (Å²) in [6.45, 7) is 2.43. The van der Waals surface area contributed by atoms with Gasteiger partial charge in [-0.3, -0.25) is 10.1 Å². The maximum absolute atomic E-state index is 11.1. The van der Waals surface area contributed by atoms with Crippen LogP contribution in [0, 0.1) is 10.1 Å². The van der Waals surface area contributed by atoms with Crippen molar-refractivity contribution in [1.29, 1.82) is 0 Å². The molecule has 2 rings (SSSR count). The van der Waals surface area contributed by atoms with Crippen molar-refractivity contribution in [3.63, 3.8) is 0 Å². The minimum atomic E-state index is -0.401. The Kier molecular flexibility index (Phi) is 4.42. The number of aromatic nitrogens is 1. The molecule has 1 heterocycles. The van der Waals surface area contributed by atoms with Crippen molar-refractivity contribution >= 4 is 17.3 Å². The van der Waals surface area contributed by atoms with Crippen LogP contribution in [0.15, 0.2) is 36.7 Å². The lowest BCUT2D eigenvalue weighted by Crippen LogP contribution is -2.11. The van der Waals surface area contributed by atoms with Crippen molar-refractivity contribution in [3.8, 4) is 0 Å². The SMILES string of the molecule is CNC(C)c1ccn(Cc2c(Cl)cccc2[N+](=O)[O-])c1. The second kappa shape index (κ2) is 6.07. The van der Waals surface area contributed by atoms with Crippen LogP contribution in [0.4, 0.5) is 5.69 Å². The summed E-state index contributed by atoms with van der Waals surface area (Å²) >= 11 is 6.09. The van der Waals surface area contributed by atoms with E-state index < -0.39 is 4.92 Å². The summed E-state index contributed by atoms with van der Waals surface area (Å²) < 4.78 is 1.90. The first-order valence-electron chi connectivity index (χ1n) is 6.27. The van der Waals surface area contributed by atoms with Crippen molar-refractivity contribution in [1.82, 2.24) is 9.88 Å². The van der Waals surface area contributed by atoms with Gasteiger partial charge in [0.05, 0.1) is 22.1 Å². The van der Waals surface area contributed by atoms with Crippen molar-refractivity contribution in [2.45, 2.75) is 19.5 Å². The van der Waals surface area contributed by atoms with Gasteiger partial charge in [-0.25, -0.2) is 0 Å². The van der Waals surface area contributed by atoms with Crippen LogP contribution in [-0.2, 0) is 6.54 Å². The van der Waals surface area contributed by atoms with Crippen LogP contribution in [0.25, 0.3) is 0 Å². The van der Waals surface area contributed by atoms with Gasteiger partial charge in [-0.05, 0) is 31.7 Å². The first-order valence-corrected chi connectivity index (χ1v) is 6.65. The number of hydrogen-bond donors (Lipinski definition) is 1. The number of nitrogens with one attached hydrogen (secondary N) is 1. The molecular weight excluding hydrogens is 278 g/mol. The Morgan fingerprint density at radius 2 is 2.20 bits per heavy atom. The zero-order chi connectivity index (χ0) is 14.7. The van der Waals surface area contributed by atoms with Crippen molar-refractivity contribution < 1.29 is 4.92 Å². The lowest BCUT2D eigenvalue weighted by molar-refractivity contribution is -0.385. The van der Waals surface area contributed by atoms with Crippen LogP contribution < -0.4 is 5.32 Å². The molecule has 2 aromatic rings. The Labute approximate surface area is 122 Å². The molecule has 0 bridgehead atoms. The van der Waals surface area contributed by atoms with Crippen molar-refractivity contribution in [2.24, 2.45) is 0 Å². The zero-order valence-electron chi connectivity index (χ0n) is 11.3. The Morgan fingerprint density at radius 1 is 1.45 bits per heavy atom. The standard InChI is InChI=1S/C14H16ClN3O2/c1-10(16-2)11-6-7-17(8-11)9-12-13(15)4-3-5-14(12)18(19)20/h3-8,10,16H,9H2,1-2H3. The third kappa shape index (κ3) is 3.00. The minimum absolute atomic E-state index is 0.0504. The second-order valence-electron chi connectivity index (χ2n) is 4.62. The van der Waals surface area contributed by atoms with E-state index >= 15 is 0 Å². The van der Waals surface area contributed by atoms with Gasteiger partial charge in [0.2, 0.25) is 0 Å². The lowest BCUT2D eigenvalue weighted by atomic mass is 10.1. The van der Waals surface area contributed by atoms with E-state index in [0.29, 0.717) is 17.1 Å². The van der Waals surface area contributed by atoms with E-state index in [0.717, 1.165) is 5.56 Å². The van der Waals surface area contributed by atoms with Gasteiger partial charge in [0.1, 0.15) is 0 Å². The number of halogens is 1. The van der Waals surface area contributed by atoms with E-state index in [1.807, 2.05) is 30.1 Å². The molecule has 0 saturated carbocycles. The smallest absolute Gasteiger partial charge is 0.275 e. The topological polar surface area (TPSA) is 60.1 Å². The van der Waals surface area contributed by atoms with Gasteiger partial charge in [-0.1, -0.05) is 17.7 Å². The van der Waals surface area contributed by atoms with Crippen LogP contribution in [-0.4, -0.2) is 16.5 Å². The van der Waals surface area contributed by atoms with Crippen LogP contribution in [0.1, 0.15) is 24.1 Å². The molecular formula is C14H16ClN3O2. The van der Waals surface area contributed by atoms with Gasteiger partial charge in [0.15, 0.2) is 0 Å². The van der Waals surface area contributed by atoms with E-state index in [1.165, 1.54) is 6.07 Å². The summed E-state index contributed by atoms with van der Waals surface area (Å²) in [4.78, 5) is 10.7. The highest BCUT2D eigenvalue weighted by Crippen LogP contribution is 2.27. The Morgan fingerprint density at radius 3 is 2.85 bits per heavy atom. The quantitative estimate of drug-likeness (QED) is 0.679. The Bertz CT molecular complexity index is 625. The summed E-state index contributed by atoms with van der Waals surface area (Å²) in [5.74, 6) is 0. The first kappa shape index (κ1) is 14.6. The van der Waals surface area contributed by atoms with Gasteiger partial charge in [-0.2, -0.15) is 0 Å². The average Bonchev–Trinajstić information content (AvgIpc) is 2.88. The van der Waals surface area contributed by atoms with E-state index in [1.54, 1.807) is 12.1 Å². The number of hydrogen-bond acceptors (Lipinski definition) is 3. The third-order valence-electron chi connectivity index (χ3n) is 3.34. The van der Waals surface area contributed by atoms with Crippen LogP contribution in [0.5, 0.6) is 0 Å². The molecule has 1 atom stereocenters. The molecule has 5 nitrogen and oxygen atoms in total. The molecule has 106 valence electrons. The number of rotatable bonds is 5. The molecule has 0 aliphatic rings. The monoisotopic (exact) mass is 293 g/mol. The fourth-order valence-electron chi connectivity index (χ4n) is 2.04. The van der Waals surface area contributed by atoms with E-state index in [4.69, 9.17) is 11.6 Å². The molecule has 1 aromatic carbocycles. The molecule has 6 heteroatoms. The molecule has 0 aliphatic carbocycles. The van der Waals surface area contributed by atoms with Crippen LogP contribution >= 0.6 is 11.6 Å². The predicted molar refractivity (Wildman–Crippen MR) is 79.1 cm³/mol. The van der Waals surface area contributed by atoms with Crippen molar-refractivity contribution in [3.05, 3.63) is 62.9 Å². The second-order valence-corrected chi connectivity index (χ2v) is 5.03. The van der Waals surface area contributed by atoms with E-state index in [9.17, 15) is 10.1 Å². The number of benzene rings is 1. The fourth-order valence-corrected chi connectivity index (χ4v) is 2.27. The molecule has 0 spiro atoms. The van der Waals surface area contributed by atoms with E-state index in [-0.39, 0.29) is 11.7 Å². The van der Waals surface area contributed by atoms with E-state index in [2.05, 4.69) is 12.2 Å². The maximum atomic E-state index is 11.1. The van der Waals surface area contributed by atoms with Crippen LogP contribution in [0.2, 0.25) is 5.02 Å². The predicted octanol–water partition coefficient (Wildman–Crippen LogP) is 3.38. The normalized spacial score (nSPS) is 12.3. The third-order valence-corrected chi connectivity index (χ3v) is 3.69. The van der Waals surface area contributed by atoms with Crippen molar-refractivity contribution in [2.75, 3.05) is 7.05 Å². The summed E-state index contributed by atoms with van der Waals surface area (Å²) in [7, 11) is 1.89. The van der Waals surface area contributed by atoms with Gasteiger partial charge >= 0.3 is 0 Å². The summed E-state index contributed by atoms with van der Waals surface area (Å²) in [6, 6.07) is 6.96. The van der Waals surface area contributed by atoms with Gasteiger partial charge < -0.3 is 9.88 Å². The molecule has 0 fully saturated rings. The molecule has 1 unspecified atom stereocenters. The Hall–Kier alpha value is -1.85. The number of nitro benzene ring substituents is 1. The maximum Gasteiger partial charge on any atom is 0.275 e. The van der Waals surface area contributed by atoms with Gasteiger partial charge in [-0.15, -0.1) is 0 Å². The molecule has 0 aliphatic heterocycles. The molecule has 1 N–H and O–H groups in total. The lowest BCUT2D eigenvalue weighted by Gasteiger charge is -2.08. The molecule has 0 saturated heterocycles. The molecule has 1 aromatic heterocycles. The number of nitrogens with zero attached hydrogens (tertiary/aromatic N) is 2. The molecule has 0 amide bonds. The molecule has 0 radical (unpaired) electrons. The van der Waals surface area contributed by atoms with Crippen LogP contribution in [0.3, 0.4) is 0 Å². The number of nitro groups is 1. The summed E-state index contributed by atoms with van der Waals surface area (Å²) in [5, 5.41) is 14.6. The highest BCUT2D eigenvalue weighted by atomic mass is 35.5. The average molecular weight is 294 g/mol. The minimum Gasteiger partial charge on any atom is -0.349 e. The molecule has 20 heavy (non-hydrogen) atoms. The Balaban J connectivity index is 2.30. The zero-order valence-corrected chi connectivity index (χ0v) is 12.1. The summed E-state index contributed by atoms with van der Waals surface area (Å²) in [5.41, 5.74) is 1.70. The van der Waals surface area contributed by atoms with Gasteiger partial charge in [0.25, 0.3) is 5.69 Å². The highest BCUT2D eigenvalue weighted by molar-refractivity contribution is 6.31. The summed E-state index contributed by atoms with van der Waals surface area (Å²) in [6.07, 6.45) is 3.87. The fraction of sp³-hybridized carbons (Fsp3) is 0.286. The highest BCUT2D eigenvalue weighted by Gasteiger charge is 2.17. The van der Waals surface area contributed by atoms with Gasteiger partial charge in [0, 0.05) is 24.5 Å². The largest absolute Gasteiger partial charge is 0.349 e.